The third-order valence-electron chi connectivity index (χ3n) is 2.88. The number of rotatable bonds is 4. The fourth-order valence-corrected chi connectivity index (χ4v) is 2.09. The molecule has 0 aliphatic heterocycles. The Kier molecular flexibility index (Phi) is 5.76. The van der Waals surface area contributed by atoms with Crippen LogP contribution in [0.4, 0.5) is 16.2 Å². The fraction of sp³-hybridized carbons (Fsp3) is 0.125. The van der Waals surface area contributed by atoms with Crippen LogP contribution in [-0.2, 0) is 4.79 Å². The number of urea groups is 1. The number of amides is 3. The maximum Gasteiger partial charge on any atom is 0.319 e. The molecule has 114 valence electrons. The highest BCUT2D eigenvalue weighted by Gasteiger charge is 2.15. The Hall–Kier alpha value is -2.09. The number of hydrogen-bond acceptors (Lipinski definition) is 2. The van der Waals surface area contributed by atoms with E-state index in [9.17, 15) is 9.59 Å². The Labute approximate surface area is 142 Å². The minimum absolute atomic E-state index is 0.274. The molecule has 0 aliphatic rings. The van der Waals surface area contributed by atoms with Crippen molar-refractivity contribution in [3.63, 3.8) is 0 Å². The normalized spacial score (nSPS) is 11.4. The Bertz CT molecular complexity index is 644. The van der Waals surface area contributed by atoms with E-state index in [-0.39, 0.29) is 5.91 Å². The van der Waals surface area contributed by atoms with Gasteiger partial charge in [-0.3, -0.25) is 4.79 Å². The van der Waals surface area contributed by atoms with E-state index in [1.807, 2.05) is 42.5 Å². The molecular weight excluding hydrogens is 393 g/mol. The minimum atomic E-state index is -0.650. The van der Waals surface area contributed by atoms with Crippen molar-refractivity contribution in [3.8, 4) is 0 Å². The highest BCUT2D eigenvalue weighted by atomic mass is 127. The van der Waals surface area contributed by atoms with Gasteiger partial charge in [-0.1, -0.05) is 18.2 Å². The van der Waals surface area contributed by atoms with Crippen molar-refractivity contribution in [3.05, 3.63) is 58.2 Å². The zero-order chi connectivity index (χ0) is 15.9. The summed E-state index contributed by atoms with van der Waals surface area (Å²) in [5, 5.41) is 8.02. The number of carbonyl (C=O) groups is 2. The van der Waals surface area contributed by atoms with Gasteiger partial charge in [-0.15, -0.1) is 0 Å². The number of carbonyl (C=O) groups excluding carboxylic acids is 2. The molecule has 0 aliphatic carbocycles. The summed E-state index contributed by atoms with van der Waals surface area (Å²) in [6.07, 6.45) is 0. The third kappa shape index (κ3) is 5.03. The minimum Gasteiger partial charge on any atom is -0.326 e. The van der Waals surface area contributed by atoms with Crippen LogP contribution in [0.25, 0.3) is 0 Å². The van der Waals surface area contributed by atoms with Crippen molar-refractivity contribution in [1.29, 1.82) is 0 Å². The van der Waals surface area contributed by atoms with Gasteiger partial charge in [0, 0.05) is 14.9 Å². The molecule has 2 rings (SSSR count). The molecule has 0 heterocycles. The molecule has 2 aromatic rings. The molecule has 3 amide bonds. The number of anilines is 2. The van der Waals surface area contributed by atoms with Gasteiger partial charge in [-0.05, 0) is 65.9 Å². The molecule has 0 saturated heterocycles. The SMILES string of the molecule is CC(NC(=O)Nc1ccccc1)C(=O)Nc1ccc(I)cc1. The average molecular weight is 409 g/mol. The lowest BCUT2D eigenvalue weighted by Gasteiger charge is -2.15. The maximum atomic E-state index is 12.0. The van der Waals surface area contributed by atoms with Crippen LogP contribution in [0.2, 0.25) is 0 Å². The number of benzene rings is 2. The first-order valence-corrected chi connectivity index (χ1v) is 7.81. The van der Waals surface area contributed by atoms with E-state index in [0.717, 1.165) is 3.57 Å². The van der Waals surface area contributed by atoms with Gasteiger partial charge in [-0.2, -0.15) is 0 Å². The molecule has 0 radical (unpaired) electrons. The van der Waals surface area contributed by atoms with E-state index in [0.29, 0.717) is 11.4 Å². The Balaban J connectivity index is 1.85. The fourth-order valence-electron chi connectivity index (χ4n) is 1.73. The molecule has 0 aromatic heterocycles. The van der Waals surface area contributed by atoms with E-state index in [1.54, 1.807) is 19.1 Å². The second kappa shape index (κ2) is 7.79. The van der Waals surface area contributed by atoms with E-state index in [2.05, 4.69) is 38.5 Å². The van der Waals surface area contributed by atoms with E-state index in [1.165, 1.54) is 0 Å². The first kappa shape index (κ1) is 16.3. The third-order valence-corrected chi connectivity index (χ3v) is 3.60. The number of para-hydroxylation sites is 1. The van der Waals surface area contributed by atoms with Crippen molar-refractivity contribution in [2.45, 2.75) is 13.0 Å². The van der Waals surface area contributed by atoms with Gasteiger partial charge in [0.05, 0.1) is 0 Å². The van der Waals surface area contributed by atoms with Crippen LogP contribution in [0.3, 0.4) is 0 Å². The first-order valence-electron chi connectivity index (χ1n) is 6.73. The van der Waals surface area contributed by atoms with Gasteiger partial charge in [-0.25, -0.2) is 4.79 Å². The molecule has 0 spiro atoms. The molecule has 3 N–H and O–H groups in total. The molecule has 2 aromatic carbocycles. The van der Waals surface area contributed by atoms with Gasteiger partial charge in [0.15, 0.2) is 0 Å². The first-order chi connectivity index (χ1) is 10.5. The zero-order valence-electron chi connectivity index (χ0n) is 12.0. The lowest BCUT2D eigenvalue weighted by atomic mass is 10.2. The van der Waals surface area contributed by atoms with Gasteiger partial charge in [0.1, 0.15) is 6.04 Å². The second-order valence-electron chi connectivity index (χ2n) is 4.68. The highest BCUT2D eigenvalue weighted by Crippen LogP contribution is 2.11. The smallest absolute Gasteiger partial charge is 0.319 e. The summed E-state index contributed by atoms with van der Waals surface area (Å²) in [4.78, 5) is 23.9. The summed E-state index contributed by atoms with van der Waals surface area (Å²) in [6, 6.07) is 15.4. The predicted molar refractivity (Wildman–Crippen MR) is 95.8 cm³/mol. The number of halogens is 1. The monoisotopic (exact) mass is 409 g/mol. The maximum absolute atomic E-state index is 12.0. The summed E-state index contributed by atoms with van der Waals surface area (Å²) in [5.74, 6) is -0.274. The molecule has 0 bridgehead atoms. The van der Waals surface area contributed by atoms with E-state index < -0.39 is 12.1 Å². The van der Waals surface area contributed by atoms with Gasteiger partial charge in [0.2, 0.25) is 5.91 Å². The Morgan fingerprint density at radius 3 is 2.14 bits per heavy atom. The number of hydrogen-bond donors (Lipinski definition) is 3. The van der Waals surface area contributed by atoms with Gasteiger partial charge >= 0.3 is 6.03 Å². The van der Waals surface area contributed by atoms with Gasteiger partial charge in [0.25, 0.3) is 0 Å². The Morgan fingerprint density at radius 1 is 0.909 bits per heavy atom. The molecule has 6 heteroatoms. The molecule has 1 unspecified atom stereocenters. The van der Waals surface area contributed by atoms with Crippen molar-refractivity contribution in [2.75, 3.05) is 10.6 Å². The average Bonchev–Trinajstić information content (AvgIpc) is 2.50. The quantitative estimate of drug-likeness (QED) is 0.678. The summed E-state index contributed by atoms with van der Waals surface area (Å²) in [5.41, 5.74) is 1.37. The van der Waals surface area contributed by atoms with Crippen molar-refractivity contribution in [2.24, 2.45) is 0 Å². The standard InChI is InChI=1S/C16H16IN3O2/c1-11(15(21)19-14-9-7-12(17)8-10-14)18-16(22)20-13-5-3-2-4-6-13/h2-11H,1H3,(H,19,21)(H2,18,20,22). The van der Waals surface area contributed by atoms with E-state index in [4.69, 9.17) is 0 Å². The lowest BCUT2D eigenvalue weighted by molar-refractivity contribution is -0.117. The van der Waals surface area contributed by atoms with Crippen molar-refractivity contribution < 1.29 is 9.59 Å². The van der Waals surface area contributed by atoms with E-state index >= 15 is 0 Å². The summed E-state index contributed by atoms with van der Waals surface area (Å²) in [6.45, 7) is 1.63. The summed E-state index contributed by atoms with van der Waals surface area (Å²) in [7, 11) is 0. The summed E-state index contributed by atoms with van der Waals surface area (Å²) < 4.78 is 1.09. The topological polar surface area (TPSA) is 70.2 Å². The molecule has 0 saturated carbocycles. The largest absolute Gasteiger partial charge is 0.326 e. The molecular formula is C16H16IN3O2. The molecule has 5 nitrogen and oxygen atoms in total. The van der Waals surface area contributed by atoms with Gasteiger partial charge < -0.3 is 16.0 Å². The van der Waals surface area contributed by atoms with Crippen LogP contribution < -0.4 is 16.0 Å². The van der Waals surface area contributed by atoms with Crippen LogP contribution in [0, 0.1) is 3.57 Å². The van der Waals surface area contributed by atoms with Crippen LogP contribution in [0.15, 0.2) is 54.6 Å². The molecule has 22 heavy (non-hydrogen) atoms. The second-order valence-corrected chi connectivity index (χ2v) is 5.93. The lowest BCUT2D eigenvalue weighted by Crippen LogP contribution is -2.43. The molecule has 0 fully saturated rings. The predicted octanol–water partition coefficient (Wildman–Crippen LogP) is 3.44. The van der Waals surface area contributed by atoms with Crippen LogP contribution in [-0.4, -0.2) is 18.0 Å². The molecule has 1 atom stereocenters. The van der Waals surface area contributed by atoms with Crippen LogP contribution in [0.1, 0.15) is 6.92 Å². The highest BCUT2D eigenvalue weighted by molar-refractivity contribution is 14.1. The Morgan fingerprint density at radius 2 is 1.50 bits per heavy atom. The summed E-state index contributed by atoms with van der Waals surface area (Å²) >= 11 is 2.19. The van der Waals surface area contributed by atoms with Crippen LogP contribution in [0.5, 0.6) is 0 Å². The van der Waals surface area contributed by atoms with Crippen molar-refractivity contribution in [1.82, 2.24) is 5.32 Å². The number of nitrogens with one attached hydrogen (secondary N) is 3. The zero-order valence-corrected chi connectivity index (χ0v) is 14.1. The van der Waals surface area contributed by atoms with Crippen molar-refractivity contribution >= 4 is 45.9 Å². The van der Waals surface area contributed by atoms with Crippen LogP contribution >= 0.6 is 22.6 Å².